The van der Waals surface area contributed by atoms with E-state index in [0.717, 1.165) is 44.2 Å². The third-order valence-electron chi connectivity index (χ3n) is 5.74. The van der Waals surface area contributed by atoms with Gasteiger partial charge in [-0.15, -0.1) is 0 Å². The third-order valence-corrected chi connectivity index (χ3v) is 5.74. The Morgan fingerprint density at radius 1 is 1.00 bits per heavy atom. The van der Waals surface area contributed by atoms with Crippen molar-refractivity contribution in [2.24, 2.45) is 0 Å². The molecule has 3 rings (SSSR count). The average Bonchev–Trinajstić information content (AvgIpc) is 2.77. The van der Waals surface area contributed by atoms with Crippen molar-refractivity contribution in [1.82, 2.24) is 15.1 Å². The largest absolute Gasteiger partial charge is 0.493 e. The van der Waals surface area contributed by atoms with Crippen molar-refractivity contribution in [1.29, 1.82) is 0 Å². The summed E-state index contributed by atoms with van der Waals surface area (Å²) in [5.74, 6) is 1.25. The minimum Gasteiger partial charge on any atom is -0.493 e. The molecule has 0 radical (unpaired) electrons. The van der Waals surface area contributed by atoms with Crippen LogP contribution in [0.3, 0.4) is 0 Å². The lowest BCUT2D eigenvalue weighted by Crippen LogP contribution is -2.49. The normalized spacial score (nSPS) is 15.0. The molecule has 1 amide bonds. The van der Waals surface area contributed by atoms with Crippen molar-refractivity contribution < 1.29 is 18.7 Å². The highest BCUT2D eigenvalue weighted by Gasteiger charge is 2.20. The van der Waals surface area contributed by atoms with Crippen molar-refractivity contribution in [2.75, 3.05) is 53.5 Å². The first-order valence-electron chi connectivity index (χ1n) is 10.7. The summed E-state index contributed by atoms with van der Waals surface area (Å²) in [5, 5.41) is 2.90. The predicted octanol–water partition coefficient (Wildman–Crippen LogP) is 2.63. The number of ether oxygens (including phenoxy) is 2. The molecule has 0 aromatic heterocycles. The van der Waals surface area contributed by atoms with Crippen molar-refractivity contribution in [2.45, 2.75) is 19.9 Å². The Morgan fingerprint density at radius 3 is 2.32 bits per heavy atom. The molecule has 2 aromatic carbocycles. The molecular formula is C24H32FN3O3. The van der Waals surface area contributed by atoms with Gasteiger partial charge in [-0.25, -0.2) is 4.39 Å². The number of amides is 1. The van der Waals surface area contributed by atoms with E-state index in [1.54, 1.807) is 26.4 Å². The van der Waals surface area contributed by atoms with E-state index in [1.807, 2.05) is 18.2 Å². The van der Waals surface area contributed by atoms with E-state index in [2.05, 4.69) is 22.0 Å². The number of benzene rings is 2. The molecule has 7 heteroatoms. The number of piperazine rings is 1. The summed E-state index contributed by atoms with van der Waals surface area (Å²) in [6, 6.07) is 10.7. The summed E-state index contributed by atoms with van der Waals surface area (Å²) in [6.07, 6.45) is 0.497. The first-order valence-corrected chi connectivity index (χ1v) is 10.7. The molecule has 0 aliphatic carbocycles. The van der Waals surface area contributed by atoms with E-state index in [0.29, 0.717) is 25.1 Å². The summed E-state index contributed by atoms with van der Waals surface area (Å²) in [6.45, 7) is 7.22. The van der Waals surface area contributed by atoms with Crippen molar-refractivity contribution in [3.05, 3.63) is 58.9 Å². The Balaban J connectivity index is 1.41. The average molecular weight is 430 g/mol. The fourth-order valence-corrected chi connectivity index (χ4v) is 3.84. The molecular weight excluding hydrogens is 397 g/mol. The van der Waals surface area contributed by atoms with Crippen molar-refractivity contribution in [3.8, 4) is 11.5 Å². The van der Waals surface area contributed by atoms with E-state index in [-0.39, 0.29) is 11.7 Å². The number of aryl methyl sites for hydroxylation is 1. The van der Waals surface area contributed by atoms with Gasteiger partial charge < -0.3 is 14.8 Å². The predicted molar refractivity (Wildman–Crippen MR) is 119 cm³/mol. The maximum atomic E-state index is 13.6. The standard InChI is InChI=1S/C24H32FN3O3/c1-18-14-22(30-2)23(31-3)15-20(18)16-27-10-12-28(13-11-27)17-24(29)26-9-8-19-6-4-5-7-21(19)25/h4-7,14-15H,8-13,16-17H2,1-3H3,(H,26,29). The van der Waals surface area contributed by atoms with Gasteiger partial charge in [-0.3, -0.25) is 14.6 Å². The maximum Gasteiger partial charge on any atom is 0.234 e. The minimum atomic E-state index is -0.224. The molecule has 1 saturated heterocycles. The zero-order valence-corrected chi connectivity index (χ0v) is 18.6. The van der Waals surface area contributed by atoms with Gasteiger partial charge >= 0.3 is 0 Å². The van der Waals surface area contributed by atoms with Gasteiger partial charge in [0.25, 0.3) is 0 Å². The fourth-order valence-electron chi connectivity index (χ4n) is 3.84. The van der Waals surface area contributed by atoms with Gasteiger partial charge in [0.2, 0.25) is 5.91 Å². The Kier molecular flexibility index (Phi) is 8.26. The molecule has 0 saturated carbocycles. The molecule has 0 spiro atoms. The molecule has 0 atom stereocenters. The highest BCUT2D eigenvalue weighted by Crippen LogP contribution is 2.30. The number of carbonyl (C=O) groups excluding carboxylic acids is 1. The van der Waals surface area contributed by atoms with Crippen LogP contribution in [-0.2, 0) is 17.8 Å². The smallest absolute Gasteiger partial charge is 0.234 e. The van der Waals surface area contributed by atoms with Gasteiger partial charge in [0.15, 0.2) is 11.5 Å². The number of halogens is 1. The summed E-state index contributed by atoms with van der Waals surface area (Å²) in [5.41, 5.74) is 3.02. The molecule has 31 heavy (non-hydrogen) atoms. The quantitative estimate of drug-likeness (QED) is 0.664. The van der Waals surface area contributed by atoms with E-state index in [1.165, 1.54) is 17.2 Å². The number of rotatable bonds is 9. The number of nitrogens with zero attached hydrogens (tertiary/aromatic N) is 2. The van der Waals surface area contributed by atoms with Crippen LogP contribution in [0, 0.1) is 12.7 Å². The monoisotopic (exact) mass is 429 g/mol. The third kappa shape index (κ3) is 6.42. The van der Waals surface area contributed by atoms with Gasteiger partial charge in [0, 0.05) is 39.3 Å². The van der Waals surface area contributed by atoms with Crippen LogP contribution in [0.4, 0.5) is 4.39 Å². The van der Waals surface area contributed by atoms with Gasteiger partial charge in [0.1, 0.15) is 5.82 Å². The lowest BCUT2D eigenvalue weighted by atomic mass is 10.1. The number of methoxy groups -OCH3 is 2. The molecule has 1 aliphatic heterocycles. The first kappa shape index (κ1) is 23.0. The second-order valence-electron chi connectivity index (χ2n) is 7.88. The molecule has 168 valence electrons. The second-order valence-corrected chi connectivity index (χ2v) is 7.88. The van der Waals surface area contributed by atoms with E-state index in [9.17, 15) is 9.18 Å². The lowest BCUT2D eigenvalue weighted by Gasteiger charge is -2.34. The van der Waals surface area contributed by atoms with Crippen molar-refractivity contribution in [3.63, 3.8) is 0 Å². The van der Waals surface area contributed by atoms with Crippen LogP contribution in [0.2, 0.25) is 0 Å². The molecule has 2 aromatic rings. The molecule has 0 unspecified atom stereocenters. The SMILES string of the molecule is COc1cc(C)c(CN2CCN(CC(=O)NCCc3ccccc3F)CC2)cc1OC. The van der Waals surface area contributed by atoms with E-state index in [4.69, 9.17) is 9.47 Å². The number of hydrogen-bond donors (Lipinski definition) is 1. The van der Waals surface area contributed by atoms with Crippen LogP contribution in [0.15, 0.2) is 36.4 Å². The first-order chi connectivity index (χ1) is 15.0. The molecule has 1 aliphatic rings. The van der Waals surface area contributed by atoms with Crippen LogP contribution in [0.5, 0.6) is 11.5 Å². The lowest BCUT2D eigenvalue weighted by molar-refractivity contribution is -0.122. The van der Waals surface area contributed by atoms with Gasteiger partial charge in [-0.05, 0) is 48.2 Å². The Labute approximate surface area is 183 Å². The Morgan fingerprint density at radius 2 is 1.65 bits per heavy atom. The fraction of sp³-hybridized carbons (Fsp3) is 0.458. The van der Waals surface area contributed by atoms with E-state index < -0.39 is 0 Å². The molecule has 6 nitrogen and oxygen atoms in total. The number of nitrogens with one attached hydrogen (secondary N) is 1. The highest BCUT2D eigenvalue weighted by molar-refractivity contribution is 5.78. The number of carbonyl (C=O) groups is 1. The Bertz CT molecular complexity index is 882. The molecule has 1 N–H and O–H groups in total. The van der Waals surface area contributed by atoms with Crippen LogP contribution in [0.25, 0.3) is 0 Å². The molecule has 1 heterocycles. The van der Waals surface area contributed by atoms with Gasteiger partial charge in [-0.1, -0.05) is 18.2 Å². The highest BCUT2D eigenvalue weighted by atomic mass is 19.1. The summed E-state index contributed by atoms with van der Waals surface area (Å²) >= 11 is 0. The summed E-state index contributed by atoms with van der Waals surface area (Å²) < 4.78 is 24.4. The topological polar surface area (TPSA) is 54.0 Å². The maximum absolute atomic E-state index is 13.6. The zero-order valence-electron chi connectivity index (χ0n) is 18.6. The van der Waals surface area contributed by atoms with Crippen molar-refractivity contribution >= 4 is 5.91 Å². The summed E-state index contributed by atoms with van der Waals surface area (Å²) in [4.78, 5) is 16.8. The second kappa shape index (κ2) is 11.1. The number of hydrogen-bond acceptors (Lipinski definition) is 5. The van der Waals surface area contributed by atoms with Gasteiger partial charge in [0.05, 0.1) is 20.8 Å². The van der Waals surface area contributed by atoms with E-state index >= 15 is 0 Å². The van der Waals surface area contributed by atoms with Crippen LogP contribution >= 0.6 is 0 Å². The molecule has 1 fully saturated rings. The Hall–Kier alpha value is -2.64. The van der Waals surface area contributed by atoms with Crippen LogP contribution < -0.4 is 14.8 Å². The van der Waals surface area contributed by atoms with Gasteiger partial charge in [-0.2, -0.15) is 0 Å². The van der Waals surface area contributed by atoms with Crippen LogP contribution in [0.1, 0.15) is 16.7 Å². The zero-order chi connectivity index (χ0) is 22.2. The summed E-state index contributed by atoms with van der Waals surface area (Å²) in [7, 11) is 3.30. The minimum absolute atomic E-state index is 0.0134. The molecule has 0 bridgehead atoms. The van der Waals surface area contributed by atoms with Crippen LogP contribution in [-0.4, -0.2) is 69.2 Å².